The number of nitrogens with zero attached hydrogens (tertiary/aromatic N) is 4. The number of aliphatic hydroxyl groups excluding tert-OH is 1. The lowest BCUT2D eigenvalue weighted by molar-refractivity contribution is 0.0989. The van der Waals surface area contributed by atoms with Crippen LogP contribution < -0.4 is 14.8 Å². The van der Waals surface area contributed by atoms with E-state index in [0.29, 0.717) is 33.5 Å². The van der Waals surface area contributed by atoms with E-state index in [1.807, 2.05) is 19.9 Å². The van der Waals surface area contributed by atoms with Crippen molar-refractivity contribution in [2.45, 2.75) is 20.0 Å². The van der Waals surface area contributed by atoms with Crippen LogP contribution in [0.25, 0.3) is 22.2 Å². The standard InChI is InChI=1S/C29H24F2N6O4/c1-16(2)40-23-4-3-17(7-18(23)10-32)20-11-35-27-25(20)24(5-6-34-27)41-26-21(30)8-19(9-22(26)31)37-28-36-13-29(12-33,14-38)15-39-28/h3-9,11,16,38H,13-15H2,1-2H3,(H,34,35)(H,36,37). The van der Waals surface area contributed by atoms with Crippen molar-refractivity contribution in [3.63, 3.8) is 0 Å². The highest BCUT2D eigenvalue weighted by atomic mass is 19.1. The number of ether oxygens (including phenoxy) is 3. The molecular weight excluding hydrogens is 534 g/mol. The fraction of sp³-hybridized carbons (Fsp3) is 0.241. The molecule has 10 nitrogen and oxygen atoms in total. The van der Waals surface area contributed by atoms with Gasteiger partial charge in [-0.2, -0.15) is 10.5 Å². The Morgan fingerprint density at radius 1 is 1.17 bits per heavy atom. The Morgan fingerprint density at radius 3 is 2.59 bits per heavy atom. The molecule has 5 rings (SSSR count). The van der Waals surface area contributed by atoms with Gasteiger partial charge in [-0.05, 0) is 37.6 Å². The molecule has 0 saturated heterocycles. The number of hydrogen-bond acceptors (Lipinski definition) is 9. The van der Waals surface area contributed by atoms with Gasteiger partial charge in [0, 0.05) is 35.8 Å². The Hall–Kier alpha value is -5.20. The summed E-state index contributed by atoms with van der Waals surface area (Å²) in [5.41, 5.74) is 0.858. The predicted octanol–water partition coefficient (Wildman–Crippen LogP) is 5.26. The van der Waals surface area contributed by atoms with E-state index in [9.17, 15) is 15.6 Å². The second-order valence-electron chi connectivity index (χ2n) is 9.68. The largest absolute Gasteiger partial charge is 0.490 e. The molecule has 2 aromatic carbocycles. The van der Waals surface area contributed by atoms with Gasteiger partial charge in [0.2, 0.25) is 0 Å². The molecule has 1 unspecified atom stereocenters. The molecule has 41 heavy (non-hydrogen) atoms. The number of nitriles is 2. The number of H-pyrrole nitrogens is 1. The molecule has 1 aliphatic heterocycles. The van der Waals surface area contributed by atoms with Crippen LogP contribution >= 0.6 is 0 Å². The fourth-order valence-electron chi connectivity index (χ4n) is 4.24. The second kappa shape index (κ2) is 11.1. The number of aromatic amines is 1. The van der Waals surface area contributed by atoms with Crippen molar-refractivity contribution in [1.82, 2.24) is 9.97 Å². The zero-order valence-electron chi connectivity index (χ0n) is 22.0. The van der Waals surface area contributed by atoms with Gasteiger partial charge in [-0.3, -0.25) is 0 Å². The minimum atomic E-state index is -1.16. The van der Waals surface area contributed by atoms with E-state index in [1.165, 1.54) is 12.3 Å². The first kappa shape index (κ1) is 27.4. The van der Waals surface area contributed by atoms with Gasteiger partial charge in [-0.1, -0.05) is 6.07 Å². The van der Waals surface area contributed by atoms with Crippen molar-refractivity contribution < 1.29 is 28.1 Å². The molecule has 12 heteroatoms. The molecule has 0 amide bonds. The Morgan fingerprint density at radius 2 is 1.95 bits per heavy atom. The summed E-state index contributed by atoms with van der Waals surface area (Å²) in [6.07, 6.45) is 3.00. The zero-order chi connectivity index (χ0) is 29.1. The van der Waals surface area contributed by atoms with Crippen molar-refractivity contribution in [2.24, 2.45) is 10.4 Å². The smallest absolute Gasteiger partial charge is 0.289 e. The fourth-order valence-corrected chi connectivity index (χ4v) is 4.24. The molecule has 0 bridgehead atoms. The molecule has 0 fully saturated rings. The molecule has 208 valence electrons. The lowest BCUT2D eigenvalue weighted by atomic mass is 9.92. The maximum atomic E-state index is 15.1. The molecule has 0 saturated carbocycles. The predicted molar refractivity (Wildman–Crippen MR) is 145 cm³/mol. The van der Waals surface area contributed by atoms with Gasteiger partial charge in [-0.25, -0.2) is 18.8 Å². The minimum Gasteiger partial charge on any atom is -0.490 e. The molecule has 3 N–H and O–H groups in total. The number of pyridine rings is 1. The zero-order valence-corrected chi connectivity index (χ0v) is 22.0. The molecule has 0 radical (unpaired) electrons. The number of anilines is 1. The van der Waals surface area contributed by atoms with E-state index in [0.717, 1.165) is 12.1 Å². The third-order valence-electron chi connectivity index (χ3n) is 6.32. The Balaban J connectivity index is 1.44. The van der Waals surface area contributed by atoms with Gasteiger partial charge in [-0.15, -0.1) is 0 Å². The van der Waals surface area contributed by atoms with Gasteiger partial charge in [0.05, 0.1) is 36.3 Å². The third kappa shape index (κ3) is 5.46. The van der Waals surface area contributed by atoms with Crippen LogP contribution in [-0.4, -0.2) is 47.0 Å². The van der Waals surface area contributed by atoms with Crippen molar-refractivity contribution in [3.05, 3.63) is 66.0 Å². The summed E-state index contributed by atoms with van der Waals surface area (Å²) >= 11 is 0. The molecule has 4 aromatic rings. The minimum absolute atomic E-state index is 0.00880. The number of hydrogen-bond donors (Lipinski definition) is 3. The van der Waals surface area contributed by atoms with Gasteiger partial charge in [0.15, 0.2) is 17.4 Å². The number of fused-ring (bicyclic) bond motifs is 1. The van der Waals surface area contributed by atoms with Gasteiger partial charge in [0.1, 0.15) is 35.2 Å². The highest BCUT2D eigenvalue weighted by Crippen LogP contribution is 2.39. The van der Waals surface area contributed by atoms with Crippen molar-refractivity contribution in [3.8, 4) is 40.5 Å². The molecule has 1 aliphatic rings. The lowest BCUT2D eigenvalue weighted by Crippen LogP contribution is -2.39. The number of halogens is 2. The summed E-state index contributed by atoms with van der Waals surface area (Å²) < 4.78 is 47.1. The van der Waals surface area contributed by atoms with Gasteiger partial charge >= 0.3 is 0 Å². The number of aromatic nitrogens is 2. The monoisotopic (exact) mass is 558 g/mol. The number of aliphatic hydroxyl groups is 1. The summed E-state index contributed by atoms with van der Waals surface area (Å²) in [4.78, 5) is 11.4. The van der Waals surface area contributed by atoms with Crippen molar-refractivity contribution in [1.29, 1.82) is 10.5 Å². The van der Waals surface area contributed by atoms with Gasteiger partial charge in [0.25, 0.3) is 6.02 Å². The third-order valence-corrected chi connectivity index (χ3v) is 6.32. The summed E-state index contributed by atoms with van der Waals surface area (Å²) in [5, 5.41) is 31.4. The van der Waals surface area contributed by atoms with E-state index in [-0.39, 0.29) is 36.7 Å². The first-order valence-corrected chi connectivity index (χ1v) is 12.6. The molecular formula is C29H24F2N6O4. The molecule has 1 atom stereocenters. The Kier molecular flexibility index (Phi) is 7.42. The molecule has 2 aromatic heterocycles. The number of rotatable bonds is 7. The van der Waals surface area contributed by atoms with E-state index in [2.05, 4.69) is 26.3 Å². The van der Waals surface area contributed by atoms with Crippen molar-refractivity contribution in [2.75, 3.05) is 25.1 Å². The molecule has 0 aliphatic carbocycles. The topological polar surface area (TPSA) is 149 Å². The second-order valence-corrected chi connectivity index (χ2v) is 9.68. The first-order valence-electron chi connectivity index (χ1n) is 12.6. The summed E-state index contributed by atoms with van der Waals surface area (Å²) in [5.74, 6) is -2.03. The maximum absolute atomic E-state index is 15.1. The van der Waals surface area contributed by atoms with Crippen LogP contribution in [0.5, 0.6) is 17.2 Å². The van der Waals surface area contributed by atoms with Crippen LogP contribution in [0.15, 0.2) is 53.8 Å². The van der Waals surface area contributed by atoms with Crippen LogP contribution in [-0.2, 0) is 4.74 Å². The van der Waals surface area contributed by atoms with E-state index in [4.69, 9.17) is 14.2 Å². The SMILES string of the molecule is CC(C)Oc1ccc(-c2c[nH]c3nccc(Oc4c(F)cc(NC5=NCC(C#N)(CO)CO5)cc4F)c23)cc1C#N. The Bertz CT molecular complexity index is 1720. The van der Waals surface area contributed by atoms with Crippen LogP contribution in [0.1, 0.15) is 19.4 Å². The number of amidine groups is 1. The van der Waals surface area contributed by atoms with Crippen molar-refractivity contribution >= 4 is 22.7 Å². The average molecular weight is 559 g/mol. The normalized spacial score (nSPS) is 16.4. The van der Waals surface area contributed by atoms with Crippen LogP contribution in [0, 0.1) is 39.7 Å². The summed E-state index contributed by atoms with van der Waals surface area (Å²) in [6, 6.07) is 12.7. The lowest BCUT2D eigenvalue weighted by Gasteiger charge is -2.27. The van der Waals surface area contributed by atoms with E-state index >= 15 is 8.78 Å². The van der Waals surface area contributed by atoms with Crippen LogP contribution in [0.4, 0.5) is 14.5 Å². The van der Waals surface area contributed by atoms with E-state index < -0.39 is 29.4 Å². The van der Waals surface area contributed by atoms with Crippen LogP contribution in [0.2, 0.25) is 0 Å². The summed E-state index contributed by atoms with van der Waals surface area (Å²) in [6.45, 7) is 3.13. The highest BCUT2D eigenvalue weighted by molar-refractivity contribution is 5.98. The average Bonchev–Trinajstić information content (AvgIpc) is 3.41. The number of aliphatic imine (C=N–C) groups is 1. The maximum Gasteiger partial charge on any atom is 0.289 e. The Labute approximate surface area is 233 Å². The summed E-state index contributed by atoms with van der Waals surface area (Å²) in [7, 11) is 0. The van der Waals surface area contributed by atoms with E-state index in [1.54, 1.807) is 24.4 Å². The highest BCUT2D eigenvalue weighted by Gasteiger charge is 2.34. The number of benzene rings is 2. The molecule has 3 heterocycles. The van der Waals surface area contributed by atoms with Gasteiger partial charge < -0.3 is 29.6 Å². The quantitative estimate of drug-likeness (QED) is 0.278. The van der Waals surface area contributed by atoms with Crippen LogP contribution in [0.3, 0.4) is 0 Å². The molecule has 0 spiro atoms. The number of nitrogens with one attached hydrogen (secondary N) is 2. The first-order chi connectivity index (χ1) is 19.8.